The summed E-state index contributed by atoms with van der Waals surface area (Å²) in [5.41, 5.74) is -3.15. The molecule has 1 aromatic heterocycles. The molecular formula is C31H31ClF4N4O5. The second-order valence-corrected chi connectivity index (χ2v) is 12.2. The maximum absolute atomic E-state index is 15.3. The Labute approximate surface area is 261 Å². The van der Waals surface area contributed by atoms with Crippen LogP contribution in [0.25, 0.3) is 0 Å². The standard InChI is InChI=1S/C31H31ClF4N4O5/c1-30(2,3)45-29(42)39-11-12-43-19(16-39)15-37-28(41)31(4)26(24-9-10-25(32)44-24)27(20-7-5-17(33)13-21(20)35)38-40(31)23-8-6-18(34)14-22(23)36/h5-10,13-14,19,26H,11-12,15-16H2,1-4H3,(H,37,41). The summed E-state index contributed by atoms with van der Waals surface area (Å²) in [6, 6.07) is 8.40. The van der Waals surface area contributed by atoms with Crippen molar-refractivity contribution in [1.82, 2.24) is 10.2 Å². The molecule has 3 atom stereocenters. The average molecular weight is 651 g/mol. The fourth-order valence-electron chi connectivity index (χ4n) is 5.36. The first-order valence-electron chi connectivity index (χ1n) is 14.1. The molecule has 5 rings (SSSR count). The van der Waals surface area contributed by atoms with Crippen molar-refractivity contribution in [2.24, 2.45) is 5.10 Å². The third-order valence-electron chi connectivity index (χ3n) is 7.45. The number of ether oxygens (including phenoxy) is 2. The second kappa shape index (κ2) is 12.4. The van der Waals surface area contributed by atoms with E-state index in [9.17, 15) is 18.4 Å². The van der Waals surface area contributed by atoms with E-state index in [2.05, 4.69) is 10.4 Å². The van der Waals surface area contributed by atoms with E-state index < -0.39 is 58.4 Å². The van der Waals surface area contributed by atoms with Gasteiger partial charge in [0.1, 0.15) is 28.8 Å². The van der Waals surface area contributed by atoms with E-state index in [0.717, 1.165) is 29.3 Å². The molecule has 1 saturated heterocycles. The van der Waals surface area contributed by atoms with Gasteiger partial charge in [-0.15, -0.1) is 0 Å². The van der Waals surface area contributed by atoms with Crippen LogP contribution in [0.2, 0.25) is 5.22 Å². The van der Waals surface area contributed by atoms with Crippen LogP contribution in [-0.2, 0) is 14.3 Å². The highest BCUT2D eigenvalue weighted by Crippen LogP contribution is 2.46. The number of halogens is 5. The Morgan fingerprint density at radius 1 is 1.07 bits per heavy atom. The van der Waals surface area contributed by atoms with Crippen molar-refractivity contribution in [2.75, 3.05) is 31.3 Å². The summed E-state index contributed by atoms with van der Waals surface area (Å²) in [7, 11) is 0. The SMILES string of the molecule is CC(C)(C)OC(=O)N1CCOC(CNC(=O)C2(C)C(c3ccc(Cl)o3)C(c3ccc(F)cc3F)=NN2c2ccc(F)cc2F)C1. The van der Waals surface area contributed by atoms with Crippen molar-refractivity contribution >= 4 is 35.0 Å². The number of carbonyl (C=O) groups is 2. The van der Waals surface area contributed by atoms with Crippen LogP contribution in [0.15, 0.2) is 58.0 Å². The van der Waals surface area contributed by atoms with Crippen molar-refractivity contribution in [3.63, 3.8) is 0 Å². The Balaban J connectivity index is 1.52. The van der Waals surface area contributed by atoms with Crippen LogP contribution in [0.1, 0.15) is 44.9 Å². The molecule has 1 N–H and O–H groups in total. The lowest BCUT2D eigenvalue weighted by molar-refractivity contribution is -0.127. The lowest BCUT2D eigenvalue weighted by Gasteiger charge is -2.38. The molecule has 0 spiro atoms. The zero-order valence-corrected chi connectivity index (χ0v) is 25.6. The first-order valence-corrected chi connectivity index (χ1v) is 14.5. The van der Waals surface area contributed by atoms with Gasteiger partial charge in [0.25, 0.3) is 0 Å². The van der Waals surface area contributed by atoms with Gasteiger partial charge in [0.05, 0.1) is 36.6 Å². The average Bonchev–Trinajstić information content (AvgIpc) is 3.51. The molecule has 2 aromatic carbocycles. The number of morpholine rings is 1. The lowest BCUT2D eigenvalue weighted by Crippen LogP contribution is -2.59. The molecule has 3 unspecified atom stereocenters. The van der Waals surface area contributed by atoms with Gasteiger partial charge in [-0.05, 0) is 75.7 Å². The van der Waals surface area contributed by atoms with Crippen LogP contribution >= 0.6 is 11.6 Å². The van der Waals surface area contributed by atoms with Crippen molar-refractivity contribution in [3.8, 4) is 0 Å². The van der Waals surface area contributed by atoms with Gasteiger partial charge < -0.3 is 24.1 Å². The van der Waals surface area contributed by atoms with E-state index >= 15 is 8.78 Å². The van der Waals surface area contributed by atoms with Crippen LogP contribution in [0.4, 0.5) is 28.0 Å². The smallest absolute Gasteiger partial charge is 0.410 e. The molecular weight excluding hydrogens is 620 g/mol. The molecule has 3 aromatic rings. The van der Waals surface area contributed by atoms with E-state index in [1.54, 1.807) is 20.8 Å². The molecule has 3 heterocycles. The Morgan fingerprint density at radius 3 is 2.38 bits per heavy atom. The Morgan fingerprint density at radius 2 is 1.76 bits per heavy atom. The van der Waals surface area contributed by atoms with E-state index in [-0.39, 0.29) is 54.2 Å². The van der Waals surface area contributed by atoms with E-state index in [4.69, 9.17) is 25.5 Å². The molecule has 9 nitrogen and oxygen atoms in total. The highest BCUT2D eigenvalue weighted by molar-refractivity contribution is 6.28. The quantitative estimate of drug-likeness (QED) is 0.329. The molecule has 14 heteroatoms. The van der Waals surface area contributed by atoms with Crippen molar-refractivity contribution in [1.29, 1.82) is 0 Å². The zero-order valence-electron chi connectivity index (χ0n) is 24.9. The van der Waals surface area contributed by atoms with Crippen LogP contribution < -0.4 is 10.3 Å². The van der Waals surface area contributed by atoms with Crippen molar-refractivity contribution in [3.05, 3.63) is 88.3 Å². The number of anilines is 1. The monoisotopic (exact) mass is 650 g/mol. The fourth-order valence-corrected chi connectivity index (χ4v) is 5.52. The predicted octanol–water partition coefficient (Wildman–Crippen LogP) is 6.01. The number of nitrogens with one attached hydrogen (secondary N) is 1. The minimum atomic E-state index is -1.88. The fraction of sp³-hybridized carbons (Fsp3) is 0.387. The van der Waals surface area contributed by atoms with Crippen LogP contribution in [0, 0.1) is 23.3 Å². The predicted molar refractivity (Wildman–Crippen MR) is 157 cm³/mol. The molecule has 1 fully saturated rings. The number of benzene rings is 2. The van der Waals surface area contributed by atoms with Crippen LogP contribution in [0.5, 0.6) is 0 Å². The van der Waals surface area contributed by atoms with Gasteiger partial charge >= 0.3 is 6.09 Å². The number of rotatable bonds is 6. The highest BCUT2D eigenvalue weighted by atomic mass is 35.5. The first kappa shape index (κ1) is 32.3. The molecule has 0 radical (unpaired) electrons. The molecule has 0 aliphatic carbocycles. The number of furan rings is 1. The summed E-state index contributed by atoms with van der Waals surface area (Å²) in [4.78, 5) is 28.4. The topological polar surface area (TPSA) is 96.6 Å². The summed E-state index contributed by atoms with van der Waals surface area (Å²) in [5, 5.41) is 8.24. The normalized spacial score (nSPS) is 21.9. The summed E-state index contributed by atoms with van der Waals surface area (Å²) >= 11 is 6.09. The van der Waals surface area contributed by atoms with Gasteiger partial charge in [0, 0.05) is 30.8 Å². The molecule has 240 valence electrons. The van der Waals surface area contributed by atoms with Gasteiger partial charge in [-0.25, -0.2) is 27.4 Å². The Hall–Kier alpha value is -4.10. The third-order valence-corrected chi connectivity index (χ3v) is 7.65. The van der Waals surface area contributed by atoms with Crippen molar-refractivity contribution < 1.29 is 41.0 Å². The first-order chi connectivity index (χ1) is 21.2. The zero-order chi connectivity index (χ0) is 32.7. The summed E-state index contributed by atoms with van der Waals surface area (Å²) in [6.07, 6.45) is -1.17. The third kappa shape index (κ3) is 6.64. The van der Waals surface area contributed by atoms with E-state index in [1.807, 2.05) is 0 Å². The molecule has 2 aliphatic rings. The number of hydrazone groups is 1. The maximum Gasteiger partial charge on any atom is 0.410 e. The molecule has 0 saturated carbocycles. The molecule has 0 bridgehead atoms. The minimum absolute atomic E-state index is 0.0454. The van der Waals surface area contributed by atoms with Gasteiger partial charge in [0.15, 0.2) is 16.6 Å². The second-order valence-electron chi connectivity index (χ2n) is 11.9. The Kier molecular flexibility index (Phi) is 8.87. The Bertz CT molecular complexity index is 1640. The van der Waals surface area contributed by atoms with Gasteiger partial charge in [0.2, 0.25) is 5.91 Å². The summed E-state index contributed by atoms with van der Waals surface area (Å²) < 4.78 is 75.3. The molecule has 2 aliphatic heterocycles. The molecule has 45 heavy (non-hydrogen) atoms. The summed E-state index contributed by atoms with van der Waals surface area (Å²) in [5.74, 6) is -5.61. The van der Waals surface area contributed by atoms with Gasteiger partial charge in [-0.2, -0.15) is 5.10 Å². The van der Waals surface area contributed by atoms with Crippen molar-refractivity contribution in [2.45, 2.75) is 50.9 Å². The van der Waals surface area contributed by atoms with E-state index in [1.165, 1.54) is 24.0 Å². The summed E-state index contributed by atoms with van der Waals surface area (Å²) in [6.45, 7) is 7.18. The molecule has 2 amide bonds. The number of hydrogen-bond acceptors (Lipinski definition) is 7. The largest absolute Gasteiger partial charge is 0.449 e. The van der Waals surface area contributed by atoms with E-state index in [0.29, 0.717) is 12.1 Å². The van der Waals surface area contributed by atoms with Crippen LogP contribution in [-0.4, -0.2) is 66.1 Å². The van der Waals surface area contributed by atoms with Gasteiger partial charge in [-0.1, -0.05) is 0 Å². The number of amides is 2. The maximum atomic E-state index is 15.3. The number of carbonyl (C=O) groups excluding carboxylic acids is 2. The highest BCUT2D eigenvalue weighted by Gasteiger charge is 2.57. The van der Waals surface area contributed by atoms with Crippen LogP contribution in [0.3, 0.4) is 0 Å². The number of hydrogen-bond donors (Lipinski definition) is 1. The number of nitrogens with zero attached hydrogens (tertiary/aromatic N) is 3. The minimum Gasteiger partial charge on any atom is -0.449 e. The van der Waals surface area contributed by atoms with Gasteiger partial charge in [-0.3, -0.25) is 4.79 Å². The lowest BCUT2D eigenvalue weighted by atomic mass is 9.78.